The van der Waals surface area contributed by atoms with E-state index in [4.69, 9.17) is 11.6 Å². The lowest BCUT2D eigenvalue weighted by atomic mass is 10.0. The van der Waals surface area contributed by atoms with Gasteiger partial charge in [-0.15, -0.1) is 11.3 Å². The largest absolute Gasteiger partial charge is 0.311 e. The van der Waals surface area contributed by atoms with Crippen LogP contribution in [-0.4, -0.2) is 30.1 Å². The number of halogens is 1. The molecule has 4 heteroatoms. The average Bonchev–Trinajstić information content (AvgIpc) is 2.75. The molecule has 1 saturated heterocycles. The van der Waals surface area contributed by atoms with Gasteiger partial charge in [-0.1, -0.05) is 18.5 Å². The van der Waals surface area contributed by atoms with Crippen molar-refractivity contribution in [3.63, 3.8) is 0 Å². The van der Waals surface area contributed by atoms with Crippen molar-refractivity contribution in [3.8, 4) is 0 Å². The van der Waals surface area contributed by atoms with Crippen LogP contribution in [0.5, 0.6) is 0 Å². The smallest absolute Gasteiger partial charge is 0.0931 e. The van der Waals surface area contributed by atoms with E-state index < -0.39 is 0 Å². The second kappa shape index (κ2) is 5.70. The molecule has 0 amide bonds. The molecule has 3 unspecified atom stereocenters. The van der Waals surface area contributed by atoms with Gasteiger partial charge in [0.1, 0.15) is 0 Å². The predicted molar refractivity (Wildman–Crippen MR) is 76.0 cm³/mol. The highest BCUT2D eigenvalue weighted by atomic mass is 35.5. The molecule has 2 rings (SSSR count). The summed E-state index contributed by atoms with van der Waals surface area (Å²) in [6, 6.07) is 5.86. The maximum atomic E-state index is 6.03. The van der Waals surface area contributed by atoms with E-state index in [0.29, 0.717) is 18.1 Å². The van der Waals surface area contributed by atoms with E-state index in [2.05, 4.69) is 37.1 Å². The molecule has 17 heavy (non-hydrogen) atoms. The molecule has 1 N–H and O–H groups in total. The molecule has 0 bridgehead atoms. The van der Waals surface area contributed by atoms with E-state index in [1.807, 2.05) is 6.07 Å². The lowest BCUT2D eigenvalue weighted by Crippen LogP contribution is -2.55. The zero-order chi connectivity index (χ0) is 12.4. The summed E-state index contributed by atoms with van der Waals surface area (Å²) < 4.78 is 0.892. The third-order valence-electron chi connectivity index (χ3n) is 3.63. The molecule has 1 aliphatic rings. The molecule has 1 aromatic heterocycles. The van der Waals surface area contributed by atoms with Crippen molar-refractivity contribution >= 4 is 22.9 Å². The van der Waals surface area contributed by atoms with Gasteiger partial charge < -0.3 is 5.32 Å². The molecule has 2 nitrogen and oxygen atoms in total. The van der Waals surface area contributed by atoms with Gasteiger partial charge in [-0.05, 0) is 32.4 Å². The van der Waals surface area contributed by atoms with Gasteiger partial charge in [-0.3, -0.25) is 4.90 Å². The Morgan fingerprint density at radius 3 is 2.94 bits per heavy atom. The molecule has 0 saturated carbocycles. The van der Waals surface area contributed by atoms with Crippen molar-refractivity contribution in [2.24, 2.45) is 0 Å². The molecule has 0 aromatic carbocycles. The van der Waals surface area contributed by atoms with Crippen LogP contribution in [0.25, 0.3) is 0 Å². The molecule has 2 heterocycles. The maximum absolute atomic E-state index is 6.03. The lowest BCUT2D eigenvalue weighted by molar-refractivity contribution is 0.0920. The predicted octanol–water partition coefficient (Wildman–Crippen LogP) is 3.53. The van der Waals surface area contributed by atoms with Crippen molar-refractivity contribution in [1.29, 1.82) is 0 Å². The monoisotopic (exact) mass is 272 g/mol. The normalized spacial score (nSPS) is 28.2. The quantitative estimate of drug-likeness (QED) is 0.906. The van der Waals surface area contributed by atoms with E-state index in [0.717, 1.165) is 17.4 Å². The van der Waals surface area contributed by atoms with Crippen LogP contribution in [-0.2, 0) is 0 Å². The fraction of sp³-hybridized carbons (Fsp3) is 0.692. The van der Waals surface area contributed by atoms with E-state index in [9.17, 15) is 0 Å². The summed E-state index contributed by atoms with van der Waals surface area (Å²) in [5.74, 6) is 0. The average molecular weight is 273 g/mol. The van der Waals surface area contributed by atoms with Gasteiger partial charge in [0.15, 0.2) is 0 Å². The van der Waals surface area contributed by atoms with Crippen LogP contribution < -0.4 is 5.32 Å². The Hall–Kier alpha value is -0.0900. The van der Waals surface area contributed by atoms with Crippen LogP contribution in [0.1, 0.15) is 38.1 Å². The number of rotatable bonds is 3. The molecule has 0 aliphatic carbocycles. The standard InChI is InChI=1S/C13H21ClN2S/c1-4-11-7-15-9(2)8-16(11)10(3)12-5-6-13(14)17-12/h5-6,9-11,15H,4,7-8H2,1-3H3. The highest BCUT2D eigenvalue weighted by molar-refractivity contribution is 7.16. The fourth-order valence-corrected chi connectivity index (χ4v) is 3.69. The summed E-state index contributed by atoms with van der Waals surface area (Å²) in [6.07, 6.45) is 1.20. The van der Waals surface area contributed by atoms with Crippen molar-refractivity contribution in [2.75, 3.05) is 13.1 Å². The fourth-order valence-electron chi connectivity index (χ4n) is 2.55. The van der Waals surface area contributed by atoms with Gasteiger partial charge in [0, 0.05) is 36.1 Å². The zero-order valence-corrected chi connectivity index (χ0v) is 12.3. The summed E-state index contributed by atoms with van der Waals surface area (Å²) in [7, 11) is 0. The molecular formula is C13H21ClN2S. The second-order valence-electron chi connectivity index (χ2n) is 4.89. The van der Waals surface area contributed by atoms with Crippen LogP contribution in [0, 0.1) is 0 Å². The van der Waals surface area contributed by atoms with Gasteiger partial charge in [0.05, 0.1) is 4.34 Å². The molecule has 96 valence electrons. The molecule has 1 fully saturated rings. The summed E-state index contributed by atoms with van der Waals surface area (Å²) in [5.41, 5.74) is 0. The number of thiophene rings is 1. The molecule has 0 radical (unpaired) electrons. The Balaban J connectivity index is 2.12. The summed E-state index contributed by atoms with van der Waals surface area (Å²) in [5, 5.41) is 3.56. The number of piperazine rings is 1. The third kappa shape index (κ3) is 3.02. The van der Waals surface area contributed by atoms with E-state index >= 15 is 0 Å². The Labute approximate surface area is 113 Å². The molecule has 0 spiro atoms. The number of nitrogens with zero attached hydrogens (tertiary/aromatic N) is 1. The van der Waals surface area contributed by atoms with Gasteiger partial charge >= 0.3 is 0 Å². The Morgan fingerprint density at radius 2 is 2.35 bits per heavy atom. The van der Waals surface area contributed by atoms with Gasteiger partial charge in [-0.2, -0.15) is 0 Å². The van der Waals surface area contributed by atoms with Crippen molar-refractivity contribution in [2.45, 2.75) is 45.3 Å². The molecular weight excluding hydrogens is 252 g/mol. The first-order chi connectivity index (χ1) is 8.11. The van der Waals surface area contributed by atoms with Crippen LogP contribution in [0.4, 0.5) is 0 Å². The Bertz CT molecular complexity index is 366. The summed E-state index contributed by atoms with van der Waals surface area (Å²) in [4.78, 5) is 3.99. The summed E-state index contributed by atoms with van der Waals surface area (Å²) in [6.45, 7) is 9.04. The van der Waals surface area contributed by atoms with Crippen LogP contribution >= 0.6 is 22.9 Å². The first kappa shape index (κ1) is 13.3. The summed E-state index contributed by atoms with van der Waals surface area (Å²) >= 11 is 7.74. The van der Waals surface area contributed by atoms with Crippen LogP contribution in [0.2, 0.25) is 4.34 Å². The van der Waals surface area contributed by atoms with E-state index in [1.165, 1.54) is 11.3 Å². The minimum Gasteiger partial charge on any atom is -0.311 e. The minimum atomic E-state index is 0.474. The highest BCUT2D eigenvalue weighted by Gasteiger charge is 2.29. The zero-order valence-electron chi connectivity index (χ0n) is 10.7. The molecule has 1 aliphatic heterocycles. The number of hydrogen-bond acceptors (Lipinski definition) is 3. The number of hydrogen-bond donors (Lipinski definition) is 1. The maximum Gasteiger partial charge on any atom is 0.0931 e. The Morgan fingerprint density at radius 1 is 1.59 bits per heavy atom. The Kier molecular flexibility index (Phi) is 4.47. The van der Waals surface area contributed by atoms with E-state index in [1.54, 1.807) is 11.3 Å². The minimum absolute atomic E-state index is 0.474. The highest BCUT2D eigenvalue weighted by Crippen LogP contribution is 2.32. The third-order valence-corrected chi connectivity index (χ3v) is 5.03. The topological polar surface area (TPSA) is 15.3 Å². The first-order valence-electron chi connectivity index (χ1n) is 6.36. The van der Waals surface area contributed by atoms with Crippen molar-refractivity contribution < 1.29 is 0 Å². The first-order valence-corrected chi connectivity index (χ1v) is 7.55. The van der Waals surface area contributed by atoms with Gasteiger partial charge in [0.25, 0.3) is 0 Å². The molecule has 3 atom stereocenters. The molecule has 1 aromatic rings. The van der Waals surface area contributed by atoms with Crippen molar-refractivity contribution in [1.82, 2.24) is 10.2 Å². The van der Waals surface area contributed by atoms with E-state index in [-0.39, 0.29) is 0 Å². The second-order valence-corrected chi connectivity index (χ2v) is 6.63. The number of nitrogens with one attached hydrogen (secondary N) is 1. The van der Waals surface area contributed by atoms with Crippen LogP contribution in [0.15, 0.2) is 12.1 Å². The van der Waals surface area contributed by atoms with Gasteiger partial charge in [-0.25, -0.2) is 0 Å². The SMILES string of the molecule is CCC1CNC(C)CN1C(C)c1ccc(Cl)s1. The van der Waals surface area contributed by atoms with Crippen LogP contribution in [0.3, 0.4) is 0 Å². The lowest BCUT2D eigenvalue weighted by Gasteiger charge is -2.42. The van der Waals surface area contributed by atoms with Crippen molar-refractivity contribution in [3.05, 3.63) is 21.3 Å². The van der Waals surface area contributed by atoms with Gasteiger partial charge in [0.2, 0.25) is 0 Å².